The van der Waals surface area contributed by atoms with E-state index in [1.54, 1.807) is 31.3 Å². The van der Waals surface area contributed by atoms with E-state index in [-0.39, 0.29) is 5.91 Å². The summed E-state index contributed by atoms with van der Waals surface area (Å²) in [6, 6.07) is 22.7. The number of benzene rings is 3. The second kappa shape index (κ2) is 10.5. The maximum atomic E-state index is 12.2. The predicted molar refractivity (Wildman–Crippen MR) is 119 cm³/mol. The van der Waals surface area contributed by atoms with Gasteiger partial charge in [-0.15, -0.1) is 0 Å². The summed E-state index contributed by atoms with van der Waals surface area (Å²) < 4.78 is 11.5. The summed E-state index contributed by atoms with van der Waals surface area (Å²) >= 11 is 5.94. The van der Waals surface area contributed by atoms with Crippen molar-refractivity contribution in [1.82, 2.24) is 5.43 Å². The van der Waals surface area contributed by atoms with E-state index in [1.807, 2.05) is 61.5 Å². The van der Waals surface area contributed by atoms with Crippen molar-refractivity contribution in [2.24, 2.45) is 5.10 Å². The van der Waals surface area contributed by atoms with Crippen LogP contribution in [0.5, 0.6) is 11.5 Å². The summed E-state index contributed by atoms with van der Waals surface area (Å²) in [6.45, 7) is 4.02. The Labute approximate surface area is 181 Å². The molecule has 0 bridgehead atoms. The highest BCUT2D eigenvalue weighted by atomic mass is 35.5. The summed E-state index contributed by atoms with van der Waals surface area (Å²) in [5.41, 5.74) is 5.26. The molecule has 0 aliphatic carbocycles. The highest BCUT2D eigenvalue weighted by molar-refractivity contribution is 6.30. The number of halogens is 1. The van der Waals surface area contributed by atoms with Gasteiger partial charge in [0.15, 0.2) is 6.10 Å². The smallest absolute Gasteiger partial charge is 0.280 e. The highest BCUT2D eigenvalue weighted by Crippen LogP contribution is 2.22. The summed E-state index contributed by atoms with van der Waals surface area (Å²) in [4.78, 5) is 12.2. The number of nitrogens with one attached hydrogen (secondary N) is 1. The minimum Gasteiger partial charge on any atom is -0.489 e. The number of hydrogen-bond donors (Lipinski definition) is 1. The third-order valence-corrected chi connectivity index (χ3v) is 4.54. The number of hydrogen-bond acceptors (Lipinski definition) is 4. The van der Waals surface area contributed by atoms with Crippen LogP contribution in [0.15, 0.2) is 77.9 Å². The van der Waals surface area contributed by atoms with E-state index in [2.05, 4.69) is 10.5 Å². The first-order chi connectivity index (χ1) is 14.5. The minimum atomic E-state index is -0.706. The van der Waals surface area contributed by atoms with E-state index in [4.69, 9.17) is 21.1 Å². The maximum absolute atomic E-state index is 12.2. The third-order valence-electron chi connectivity index (χ3n) is 4.30. The van der Waals surface area contributed by atoms with Crippen molar-refractivity contribution in [2.75, 3.05) is 0 Å². The Bertz CT molecular complexity index is 1020. The molecule has 6 heteroatoms. The van der Waals surface area contributed by atoms with Crippen LogP contribution in [0.4, 0.5) is 0 Å². The largest absolute Gasteiger partial charge is 0.489 e. The van der Waals surface area contributed by atoms with Gasteiger partial charge in [0, 0.05) is 5.02 Å². The molecular formula is C24H23ClN2O3. The molecule has 0 saturated carbocycles. The first-order valence-corrected chi connectivity index (χ1v) is 9.91. The number of hydrazone groups is 1. The lowest BCUT2D eigenvalue weighted by atomic mass is 10.2. The molecule has 0 aliphatic heterocycles. The van der Waals surface area contributed by atoms with Crippen LogP contribution in [-0.4, -0.2) is 18.2 Å². The summed E-state index contributed by atoms with van der Waals surface area (Å²) in [6.07, 6.45) is 0.857. The quantitative estimate of drug-likeness (QED) is 0.403. The number of rotatable bonds is 8. The van der Waals surface area contributed by atoms with Crippen LogP contribution in [0.2, 0.25) is 5.02 Å². The SMILES string of the molecule is Cc1cc(Cl)ccc1OC(C)C(=O)N/N=C/c1cccc(OCc2ccccc2)c1. The van der Waals surface area contributed by atoms with Crippen LogP contribution in [-0.2, 0) is 11.4 Å². The average Bonchev–Trinajstić information content (AvgIpc) is 2.75. The lowest BCUT2D eigenvalue weighted by Crippen LogP contribution is -2.33. The van der Waals surface area contributed by atoms with Crippen LogP contribution in [0, 0.1) is 6.92 Å². The zero-order chi connectivity index (χ0) is 21.3. The Morgan fingerprint density at radius 1 is 1.10 bits per heavy atom. The number of nitrogens with zero attached hydrogens (tertiary/aromatic N) is 1. The van der Waals surface area contributed by atoms with Crippen LogP contribution in [0.1, 0.15) is 23.6 Å². The molecule has 0 saturated heterocycles. The van der Waals surface area contributed by atoms with E-state index in [1.165, 1.54) is 0 Å². The van der Waals surface area contributed by atoms with E-state index < -0.39 is 6.10 Å². The summed E-state index contributed by atoms with van der Waals surface area (Å²) in [5, 5.41) is 4.64. The number of aryl methyl sites for hydroxylation is 1. The zero-order valence-electron chi connectivity index (χ0n) is 16.8. The fraction of sp³-hybridized carbons (Fsp3) is 0.167. The molecule has 30 heavy (non-hydrogen) atoms. The van der Waals surface area contributed by atoms with Gasteiger partial charge < -0.3 is 9.47 Å². The fourth-order valence-electron chi connectivity index (χ4n) is 2.68. The van der Waals surface area contributed by atoms with E-state index in [0.29, 0.717) is 17.4 Å². The molecule has 0 spiro atoms. The molecule has 154 valence electrons. The summed E-state index contributed by atoms with van der Waals surface area (Å²) in [5.74, 6) is 0.982. The molecule has 0 heterocycles. The first-order valence-electron chi connectivity index (χ1n) is 9.54. The van der Waals surface area contributed by atoms with Gasteiger partial charge in [-0.2, -0.15) is 5.10 Å². The van der Waals surface area contributed by atoms with Crippen LogP contribution in [0.3, 0.4) is 0 Å². The molecule has 0 fully saturated rings. The lowest BCUT2D eigenvalue weighted by Gasteiger charge is -2.14. The Morgan fingerprint density at radius 3 is 2.67 bits per heavy atom. The topological polar surface area (TPSA) is 59.9 Å². The molecule has 0 aromatic heterocycles. The molecular weight excluding hydrogens is 400 g/mol. The highest BCUT2D eigenvalue weighted by Gasteiger charge is 2.15. The van der Waals surface area contributed by atoms with Crippen molar-refractivity contribution in [1.29, 1.82) is 0 Å². The molecule has 3 aromatic carbocycles. The van der Waals surface area contributed by atoms with Gasteiger partial charge in [-0.25, -0.2) is 5.43 Å². The van der Waals surface area contributed by atoms with Gasteiger partial charge in [0.05, 0.1) is 6.21 Å². The van der Waals surface area contributed by atoms with Crippen molar-refractivity contribution in [3.63, 3.8) is 0 Å². The number of carbonyl (C=O) groups is 1. The molecule has 5 nitrogen and oxygen atoms in total. The van der Waals surface area contributed by atoms with Gasteiger partial charge in [0.1, 0.15) is 18.1 Å². The predicted octanol–water partition coefficient (Wildman–Crippen LogP) is 5.15. The average molecular weight is 423 g/mol. The standard InChI is InChI=1S/C24H23ClN2O3/c1-17-13-21(25)11-12-23(17)30-18(2)24(28)27-26-15-20-9-6-10-22(14-20)29-16-19-7-4-3-5-8-19/h3-15,18H,16H2,1-2H3,(H,27,28)/b26-15+. The van der Waals surface area contributed by atoms with Crippen LogP contribution >= 0.6 is 11.6 Å². The van der Waals surface area contributed by atoms with Gasteiger partial charge >= 0.3 is 0 Å². The van der Waals surface area contributed by atoms with Crippen molar-refractivity contribution in [2.45, 2.75) is 26.6 Å². The van der Waals surface area contributed by atoms with Gasteiger partial charge in [-0.05, 0) is 60.9 Å². The molecule has 1 unspecified atom stereocenters. The van der Waals surface area contributed by atoms with Crippen LogP contribution in [0.25, 0.3) is 0 Å². The molecule has 3 aromatic rings. The molecule has 1 amide bonds. The second-order valence-corrected chi connectivity index (χ2v) is 7.19. The van der Waals surface area contributed by atoms with Gasteiger partial charge in [-0.3, -0.25) is 4.79 Å². The van der Waals surface area contributed by atoms with Crippen LogP contribution < -0.4 is 14.9 Å². The zero-order valence-corrected chi connectivity index (χ0v) is 17.6. The molecule has 0 aliphatic rings. The normalized spacial score (nSPS) is 11.8. The van der Waals surface area contributed by atoms with Gasteiger partial charge in [-0.1, -0.05) is 54.1 Å². The molecule has 0 radical (unpaired) electrons. The fourth-order valence-corrected chi connectivity index (χ4v) is 2.90. The van der Waals surface area contributed by atoms with Crippen molar-refractivity contribution >= 4 is 23.7 Å². The Kier molecular flexibility index (Phi) is 7.46. The number of carbonyl (C=O) groups excluding carboxylic acids is 1. The Balaban J connectivity index is 1.52. The minimum absolute atomic E-state index is 0.350. The Hall–Kier alpha value is -3.31. The molecule has 3 rings (SSSR count). The number of ether oxygens (including phenoxy) is 2. The number of amides is 1. The monoisotopic (exact) mass is 422 g/mol. The van der Waals surface area contributed by atoms with E-state index in [9.17, 15) is 4.79 Å². The third kappa shape index (κ3) is 6.36. The van der Waals surface area contributed by atoms with Crippen molar-refractivity contribution < 1.29 is 14.3 Å². The lowest BCUT2D eigenvalue weighted by molar-refractivity contribution is -0.127. The van der Waals surface area contributed by atoms with Crippen molar-refractivity contribution in [3.05, 3.63) is 94.5 Å². The Morgan fingerprint density at radius 2 is 1.90 bits per heavy atom. The van der Waals surface area contributed by atoms with Gasteiger partial charge in [0.2, 0.25) is 0 Å². The van der Waals surface area contributed by atoms with E-state index >= 15 is 0 Å². The van der Waals surface area contributed by atoms with Gasteiger partial charge in [0.25, 0.3) is 5.91 Å². The van der Waals surface area contributed by atoms with E-state index in [0.717, 1.165) is 22.4 Å². The molecule has 1 N–H and O–H groups in total. The molecule has 1 atom stereocenters. The van der Waals surface area contributed by atoms with Crippen molar-refractivity contribution in [3.8, 4) is 11.5 Å². The maximum Gasteiger partial charge on any atom is 0.280 e. The second-order valence-electron chi connectivity index (χ2n) is 6.75. The summed E-state index contributed by atoms with van der Waals surface area (Å²) in [7, 11) is 0. The first kappa shape index (κ1) is 21.4.